The Balaban J connectivity index is 2.44. The first-order valence-electron chi connectivity index (χ1n) is 6.28. The molecular weight excluding hydrogens is 218 g/mol. The van der Waals surface area contributed by atoms with Gasteiger partial charge in [0.25, 0.3) is 0 Å². The van der Waals surface area contributed by atoms with Gasteiger partial charge in [-0.3, -0.25) is 0 Å². The lowest BCUT2D eigenvalue weighted by Crippen LogP contribution is -2.37. The van der Waals surface area contributed by atoms with E-state index in [1.165, 1.54) is 0 Å². The average molecular weight is 237 g/mol. The third-order valence-electron chi connectivity index (χ3n) is 3.32. The first kappa shape index (κ1) is 12.6. The normalized spacial score (nSPS) is 11.2. The molecular formula is C17H19N. The van der Waals surface area contributed by atoms with E-state index in [-0.39, 0.29) is 0 Å². The first-order chi connectivity index (χ1) is 8.77. The number of hydrogen-bond acceptors (Lipinski definition) is 1. The molecule has 0 fully saturated rings. The van der Waals surface area contributed by atoms with Crippen molar-refractivity contribution in [3.8, 4) is 0 Å². The molecule has 0 radical (unpaired) electrons. The zero-order valence-electron chi connectivity index (χ0n) is 10.5. The van der Waals surface area contributed by atoms with E-state index < -0.39 is 5.54 Å². The van der Waals surface area contributed by atoms with Gasteiger partial charge in [-0.25, -0.2) is 0 Å². The topological polar surface area (TPSA) is 26.0 Å². The average Bonchev–Trinajstić information content (AvgIpc) is 2.46. The lowest BCUT2D eigenvalue weighted by atomic mass is 9.80. The summed E-state index contributed by atoms with van der Waals surface area (Å²) in [6.45, 7) is 3.80. The summed E-state index contributed by atoms with van der Waals surface area (Å²) in [5.74, 6) is 0. The van der Waals surface area contributed by atoms with E-state index in [1.54, 1.807) is 0 Å². The lowest BCUT2D eigenvalue weighted by molar-refractivity contribution is 0.497. The van der Waals surface area contributed by atoms with E-state index in [1.807, 2.05) is 42.5 Å². The first-order valence-corrected chi connectivity index (χ1v) is 6.28. The summed E-state index contributed by atoms with van der Waals surface area (Å²) in [6, 6.07) is 20.5. The molecule has 0 amide bonds. The van der Waals surface area contributed by atoms with Crippen LogP contribution in [-0.4, -0.2) is 0 Å². The standard InChI is InChI=1S/C17H19N/c1-2-3-14-17(18,15-10-6-4-7-11-15)16-12-8-5-9-13-16/h2,4-13H,1,3,14,18H2. The Morgan fingerprint density at radius 1 is 0.889 bits per heavy atom. The van der Waals surface area contributed by atoms with Gasteiger partial charge in [0, 0.05) is 0 Å². The van der Waals surface area contributed by atoms with Crippen LogP contribution in [0.1, 0.15) is 24.0 Å². The zero-order valence-corrected chi connectivity index (χ0v) is 10.5. The number of rotatable bonds is 5. The van der Waals surface area contributed by atoms with Crippen molar-refractivity contribution in [2.75, 3.05) is 0 Å². The van der Waals surface area contributed by atoms with Gasteiger partial charge in [-0.1, -0.05) is 66.7 Å². The maximum absolute atomic E-state index is 6.68. The van der Waals surface area contributed by atoms with Gasteiger partial charge in [0.15, 0.2) is 0 Å². The summed E-state index contributed by atoms with van der Waals surface area (Å²) in [5.41, 5.74) is 8.55. The van der Waals surface area contributed by atoms with Crippen molar-refractivity contribution in [1.29, 1.82) is 0 Å². The molecule has 2 aromatic carbocycles. The Bertz CT molecular complexity index is 448. The van der Waals surface area contributed by atoms with Crippen molar-refractivity contribution in [2.24, 2.45) is 5.73 Å². The van der Waals surface area contributed by atoms with Crippen LogP contribution in [-0.2, 0) is 5.54 Å². The van der Waals surface area contributed by atoms with E-state index in [0.29, 0.717) is 0 Å². The third kappa shape index (κ3) is 2.52. The van der Waals surface area contributed by atoms with Crippen LogP contribution in [0, 0.1) is 0 Å². The summed E-state index contributed by atoms with van der Waals surface area (Å²) < 4.78 is 0. The summed E-state index contributed by atoms with van der Waals surface area (Å²) in [5, 5.41) is 0. The second-order valence-corrected chi connectivity index (χ2v) is 4.53. The van der Waals surface area contributed by atoms with Crippen molar-refractivity contribution in [2.45, 2.75) is 18.4 Å². The maximum atomic E-state index is 6.68. The van der Waals surface area contributed by atoms with Crippen molar-refractivity contribution in [3.63, 3.8) is 0 Å². The molecule has 2 N–H and O–H groups in total. The SMILES string of the molecule is C=CCCC(N)(c1ccccc1)c1ccccc1. The Morgan fingerprint density at radius 3 is 1.72 bits per heavy atom. The van der Waals surface area contributed by atoms with Gasteiger partial charge in [0.2, 0.25) is 0 Å². The molecule has 0 unspecified atom stereocenters. The van der Waals surface area contributed by atoms with Crippen LogP contribution in [0.5, 0.6) is 0 Å². The van der Waals surface area contributed by atoms with Gasteiger partial charge in [0.1, 0.15) is 0 Å². The Morgan fingerprint density at radius 2 is 1.33 bits per heavy atom. The second-order valence-electron chi connectivity index (χ2n) is 4.53. The number of hydrogen-bond donors (Lipinski definition) is 1. The van der Waals surface area contributed by atoms with Crippen LogP contribution in [0.4, 0.5) is 0 Å². The minimum Gasteiger partial charge on any atom is -0.318 e. The number of allylic oxidation sites excluding steroid dienone is 1. The molecule has 0 aliphatic heterocycles. The van der Waals surface area contributed by atoms with Crippen molar-refractivity contribution < 1.29 is 0 Å². The van der Waals surface area contributed by atoms with E-state index in [4.69, 9.17) is 5.73 Å². The lowest BCUT2D eigenvalue weighted by Gasteiger charge is -2.30. The van der Waals surface area contributed by atoms with Crippen molar-refractivity contribution in [1.82, 2.24) is 0 Å². The number of nitrogens with two attached hydrogens (primary N) is 1. The van der Waals surface area contributed by atoms with Gasteiger partial charge in [0.05, 0.1) is 5.54 Å². The molecule has 0 aromatic heterocycles. The van der Waals surface area contributed by atoms with Crippen LogP contribution in [0.2, 0.25) is 0 Å². The molecule has 92 valence electrons. The highest BCUT2D eigenvalue weighted by molar-refractivity contribution is 5.37. The predicted octanol–water partition coefficient (Wildman–Crippen LogP) is 3.86. The highest BCUT2D eigenvalue weighted by atomic mass is 14.7. The van der Waals surface area contributed by atoms with Crippen LogP contribution in [0.15, 0.2) is 73.3 Å². The summed E-state index contributed by atoms with van der Waals surface area (Å²) in [7, 11) is 0. The Labute approximate surface area is 109 Å². The van der Waals surface area contributed by atoms with Gasteiger partial charge in [-0.2, -0.15) is 0 Å². The molecule has 0 aliphatic rings. The van der Waals surface area contributed by atoms with Crippen LogP contribution >= 0.6 is 0 Å². The van der Waals surface area contributed by atoms with Crippen molar-refractivity contribution in [3.05, 3.63) is 84.4 Å². The van der Waals surface area contributed by atoms with E-state index in [0.717, 1.165) is 24.0 Å². The fourth-order valence-corrected chi connectivity index (χ4v) is 2.26. The highest BCUT2D eigenvalue weighted by Gasteiger charge is 2.28. The smallest absolute Gasteiger partial charge is 0.0668 e. The third-order valence-corrected chi connectivity index (χ3v) is 3.32. The molecule has 0 aliphatic carbocycles. The molecule has 0 atom stereocenters. The zero-order chi connectivity index (χ0) is 12.8. The van der Waals surface area contributed by atoms with Crippen LogP contribution < -0.4 is 5.73 Å². The molecule has 1 nitrogen and oxygen atoms in total. The highest BCUT2D eigenvalue weighted by Crippen LogP contribution is 2.31. The molecule has 0 spiro atoms. The van der Waals surface area contributed by atoms with Crippen molar-refractivity contribution >= 4 is 0 Å². The number of benzene rings is 2. The minimum absolute atomic E-state index is 0.434. The molecule has 0 saturated heterocycles. The Kier molecular flexibility index (Phi) is 3.96. The molecule has 2 aromatic rings. The van der Waals surface area contributed by atoms with E-state index in [2.05, 4.69) is 30.8 Å². The predicted molar refractivity (Wildman–Crippen MR) is 77.3 cm³/mol. The quantitative estimate of drug-likeness (QED) is 0.785. The summed E-state index contributed by atoms with van der Waals surface area (Å²) >= 11 is 0. The molecule has 0 heterocycles. The fourth-order valence-electron chi connectivity index (χ4n) is 2.26. The maximum Gasteiger partial charge on any atom is 0.0668 e. The second kappa shape index (κ2) is 5.65. The molecule has 18 heavy (non-hydrogen) atoms. The Hall–Kier alpha value is -1.86. The van der Waals surface area contributed by atoms with Gasteiger partial charge in [-0.15, -0.1) is 6.58 Å². The van der Waals surface area contributed by atoms with Crippen LogP contribution in [0.25, 0.3) is 0 Å². The summed E-state index contributed by atoms with van der Waals surface area (Å²) in [6.07, 6.45) is 3.69. The molecule has 1 heteroatoms. The van der Waals surface area contributed by atoms with E-state index in [9.17, 15) is 0 Å². The van der Waals surface area contributed by atoms with Crippen LogP contribution in [0.3, 0.4) is 0 Å². The van der Waals surface area contributed by atoms with E-state index >= 15 is 0 Å². The minimum atomic E-state index is -0.434. The monoisotopic (exact) mass is 237 g/mol. The molecule has 2 rings (SSSR count). The van der Waals surface area contributed by atoms with Gasteiger partial charge < -0.3 is 5.73 Å². The van der Waals surface area contributed by atoms with Gasteiger partial charge >= 0.3 is 0 Å². The fraction of sp³-hybridized carbons (Fsp3) is 0.176. The largest absolute Gasteiger partial charge is 0.318 e. The molecule has 0 saturated carbocycles. The molecule has 0 bridgehead atoms. The summed E-state index contributed by atoms with van der Waals surface area (Å²) in [4.78, 5) is 0. The van der Waals surface area contributed by atoms with Gasteiger partial charge in [-0.05, 0) is 24.0 Å².